The van der Waals surface area contributed by atoms with Crippen molar-refractivity contribution in [1.82, 2.24) is 35.3 Å². The number of pyridine rings is 1. The van der Waals surface area contributed by atoms with E-state index in [2.05, 4.69) is 63.3 Å². The Bertz CT molecular complexity index is 3370. The first kappa shape index (κ1) is 55.6. The van der Waals surface area contributed by atoms with Crippen LogP contribution in [0.1, 0.15) is 90.4 Å². The van der Waals surface area contributed by atoms with Crippen LogP contribution in [0, 0.1) is 38.9 Å². The first-order valence-electron chi connectivity index (χ1n) is 25.6. The number of amides is 4. The summed E-state index contributed by atoms with van der Waals surface area (Å²) in [6.07, 6.45) is 1.02. The molecule has 1 saturated heterocycles. The highest BCUT2D eigenvalue weighted by atomic mass is 35.5. The molecule has 0 bridgehead atoms. The van der Waals surface area contributed by atoms with Crippen LogP contribution in [-0.2, 0) is 30.5 Å². The van der Waals surface area contributed by atoms with Crippen LogP contribution in [0.5, 0.6) is 5.75 Å². The molecule has 0 aliphatic carbocycles. The van der Waals surface area contributed by atoms with E-state index in [1.807, 2.05) is 68.7 Å². The number of nitrogens with zero attached hydrogens (tertiary/aromatic N) is 6. The van der Waals surface area contributed by atoms with E-state index in [1.165, 1.54) is 33.7 Å². The van der Waals surface area contributed by atoms with Crippen LogP contribution >= 0.6 is 34.3 Å². The lowest BCUT2D eigenvalue weighted by atomic mass is 9.85. The van der Waals surface area contributed by atoms with Gasteiger partial charge in [-0.3, -0.25) is 33.7 Å². The molecule has 0 radical (unpaired) electrons. The predicted octanol–water partition coefficient (Wildman–Crippen LogP) is 9.66. The number of aryl methyl sites for hydroxylation is 3. The second-order valence-corrected chi connectivity index (χ2v) is 23.2. The molecule has 2 aliphatic heterocycles. The van der Waals surface area contributed by atoms with E-state index < -0.39 is 53.2 Å². The van der Waals surface area contributed by atoms with Crippen molar-refractivity contribution in [2.24, 2.45) is 10.4 Å². The van der Waals surface area contributed by atoms with Crippen LogP contribution in [0.2, 0.25) is 5.02 Å². The predicted molar refractivity (Wildman–Crippen MR) is 301 cm³/mol. The Balaban J connectivity index is 0.730. The van der Waals surface area contributed by atoms with Gasteiger partial charge < -0.3 is 35.4 Å². The molecule has 4 aromatic heterocycles. The van der Waals surface area contributed by atoms with Gasteiger partial charge in [0, 0.05) is 57.4 Å². The molecule has 9 rings (SSSR count). The second-order valence-electron chi connectivity index (χ2n) is 20.6. The van der Waals surface area contributed by atoms with Crippen LogP contribution in [0.25, 0.3) is 26.7 Å². The first-order chi connectivity index (χ1) is 37.3. The monoisotopic (exact) mass is 1110 g/mol. The van der Waals surface area contributed by atoms with Crippen molar-refractivity contribution < 1.29 is 38.1 Å². The molecule has 78 heavy (non-hydrogen) atoms. The zero-order valence-corrected chi connectivity index (χ0v) is 46.7. The van der Waals surface area contributed by atoms with E-state index in [0.717, 1.165) is 37.7 Å². The van der Waals surface area contributed by atoms with Gasteiger partial charge in [0.05, 0.1) is 49.0 Å². The maximum atomic E-state index is 15.7. The standard InChI is InChI=1S/C58H61ClFN9O7S2/c1-32-21-24-77-52(32)38-11-9-36(10-12-38)28-62-55(73)47-26-41(70)30-68(47)56(74)53(58(5,6)7)65-49(72)31-75-22-8-23-76-42-18-20-44(61-29-42)39-15-19-45(43(60)25-39)63-48(71)27-46-54-67-66-35(4)69(54)57-50(33(2)34(3)78-57)51(64-46)37-13-16-40(59)17-14-37/h9-21,24-25,29,41,46-47,53,70H,8,22-23,26-28,30-31H2,1-7H3,(H,62,73)(H,63,71)(H,65,72)/t41-,46+,47+,53-/m1/s1. The zero-order valence-electron chi connectivity index (χ0n) is 44.4. The molecule has 16 nitrogen and oxygen atoms in total. The van der Waals surface area contributed by atoms with E-state index >= 15 is 4.39 Å². The molecule has 20 heteroatoms. The number of thiophene rings is 2. The summed E-state index contributed by atoms with van der Waals surface area (Å²) in [4.78, 5) is 67.7. The lowest BCUT2D eigenvalue weighted by Crippen LogP contribution is -2.58. The number of aliphatic imine (C=N–C) groups is 1. The molecule has 1 fully saturated rings. The van der Waals surface area contributed by atoms with Crippen molar-refractivity contribution in [3.8, 4) is 32.4 Å². The van der Waals surface area contributed by atoms with Crippen molar-refractivity contribution in [3.05, 3.63) is 152 Å². The minimum absolute atomic E-state index is 0.000816. The molecule has 0 unspecified atom stereocenters. The van der Waals surface area contributed by atoms with Crippen molar-refractivity contribution in [2.75, 3.05) is 31.7 Å². The number of ether oxygens (including phenoxy) is 2. The normalized spacial score (nSPS) is 16.4. The number of fused-ring (bicyclic) bond motifs is 3. The molecule has 0 spiro atoms. The highest BCUT2D eigenvalue weighted by Gasteiger charge is 2.44. The number of carbonyl (C=O) groups is 4. The highest BCUT2D eigenvalue weighted by molar-refractivity contribution is 7.15. The van der Waals surface area contributed by atoms with Gasteiger partial charge in [0.1, 0.15) is 47.1 Å². The Kier molecular flexibility index (Phi) is 17.0. The molecule has 406 valence electrons. The molecular weight excluding hydrogens is 1050 g/mol. The fourth-order valence-corrected chi connectivity index (χ4v) is 11.8. The van der Waals surface area contributed by atoms with Crippen LogP contribution in [0.15, 0.2) is 101 Å². The van der Waals surface area contributed by atoms with Gasteiger partial charge in [-0.25, -0.2) is 4.39 Å². The lowest BCUT2D eigenvalue weighted by Gasteiger charge is -2.35. The van der Waals surface area contributed by atoms with Crippen LogP contribution in [-0.4, -0.2) is 104 Å². The number of anilines is 1. The fraction of sp³-hybridized carbons (Fsp3) is 0.345. The van der Waals surface area contributed by atoms with Gasteiger partial charge in [0.2, 0.25) is 23.6 Å². The number of aromatic nitrogens is 4. The molecule has 4 N–H and O–H groups in total. The van der Waals surface area contributed by atoms with Crippen LogP contribution in [0.4, 0.5) is 10.1 Å². The third kappa shape index (κ3) is 12.6. The minimum Gasteiger partial charge on any atom is -0.492 e. The topological polar surface area (TPSA) is 202 Å². The Morgan fingerprint density at radius 1 is 0.910 bits per heavy atom. The first-order valence-corrected chi connectivity index (χ1v) is 27.7. The number of aliphatic hydroxyl groups is 1. The van der Waals surface area contributed by atoms with E-state index in [9.17, 15) is 24.3 Å². The van der Waals surface area contributed by atoms with Gasteiger partial charge in [0.15, 0.2) is 5.82 Å². The summed E-state index contributed by atoms with van der Waals surface area (Å²) in [5.41, 5.74) is 6.99. The molecule has 3 aromatic carbocycles. The van der Waals surface area contributed by atoms with E-state index in [1.54, 1.807) is 53.0 Å². The Morgan fingerprint density at radius 3 is 2.35 bits per heavy atom. The molecule has 4 amide bonds. The van der Waals surface area contributed by atoms with Crippen LogP contribution < -0.4 is 20.7 Å². The number of aliphatic hydroxyl groups excluding tert-OH is 1. The molecule has 4 atom stereocenters. The molecular formula is C58H61ClFN9O7S2. The molecule has 7 aromatic rings. The van der Waals surface area contributed by atoms with Crippen molar-refractivity contribution in [3.63, 3.8) is 0 Å². The number of hydrogen-bond acceptors (Lipinski definition) is 13. The van der Waals surface area contributed by atoms with Crippen LogP contribution in [0.3, 0.4) is 0 Å². The van der Waals surface area contributed by atoms with Gasteiger partial charge in [-0.1, -0.05) is 74.8 Å². The third-order valence-electron chi connectivity index (χ3n) is 13.8. The Labute approximate surface area is 465 Å². The number of rotatable bonds is 18. The van der Waals surface area contributed by atoms with Crippen molar-refractivity contribution in [2.45, 2.75) is 98.5 Å². The van der Waals surface area contributed by atoms with Gasteiger partial charge >= 0.3 is 0 Å². The number of carbonyl (C=O) groups excluding carboxylic acids is 4. The number of likely N-dealkylation sites (tertiary alicyclic amines) is 1. The zero-order chi connectivity index (χ0) is 55.4. The number of nitrogens with one attached hydrogen (secondary N) is 3. The van der Waals surface area contributed by atoms with Gasteiger partial charge in [-0.2, -0.15) is 0 Å². The number of β-amino-alcohol motifs (C(OH)–C–C–N with tert-alkyl or cyclic N) is 1. The summed E-state index contributed by atoms with van der Waals surface area (Å²) < 4.78 is 29.1. The second kappa shape index (κ2) is 23.8. The van der Waals surface area contributed by atoms with Gasteiger partial charge in [-0.05, 0) is 103 Å². The average Bonchev–Trinajstić information content (AvgIpc) is 4.40. The minimum atomic E-state index is -0.996. The number of benzene rings is 3. The summed E-state index contributed by atoms with van der Waals surface area (Å²) in [5.74, 6) is -0.811. The highest BCUT2D eigenvalue weighted by Crippen LogP contribution is 2.40. The van der Waals surface area contributed by atoms with Crippen molar-refractivity contribution in [1.29, 1.82) is 0 Å². The molecule has 6 heterocycles. The quantitative estimate of drug-likeness (QED) is 0.0600. The third-order valence-corrected chi connectivity index (χ3v) is 16.3. The molecule has 2 aliphatic rings. The number of halogens is 2. The SMILES string of the molecule is Cc1ccsc1-c1ccc(CNC(=O)[C@@H]2C[C@@H](O)CN2C(=O)[C@@H](NC(=O)COCCCOc2ccc(-c3ccc(NC(=O)C[C@@H]4N=C(c5ccc(Cl)cc5)c5c(sc(C)c5C)-n5c(C)nnc54)c(F)c3)nc2)C(C)(C)C)cc1. The summed E-state index contributed by atoms with van der Waals surface area (Å²) in [5, 5.41) is 31.5. The smallest absolute Gasteiger partial charge is 0.246 e. The van der Waals surface area contributed by atoms with E-state index in [0.29, 0.717) is 45.8 Å². The van der Waals surface area contributed by atoms with E-state index in [-0.39, 0.29) is 57.3 Å². The van der Waals surface area contributed by atoms with Crippen molar-refractivity contribution >= 4 is 69.3 Å². The molecule has 0 saturated carbocycles. The van der Waals surface area contributed by atoms with Gasteiger partial charge in [-0.15, -0.1) is 32.9 Å². The average molecular weight is 1110 g/mol. The Morgan fingerprint density at radius 2 is 1.65 bits per heavy atom. The summed E-state index contributed by atoms with van der Waals surface area (Å²) in [6, 6.07) is 22.7. The summed E-state index contributed by atoms with van der Waals surface area (Å²) in [6.45, 7) is 13.8. The summed E-state index contributed by atoms with van der Waals surface area (Å²) in [7, 11) is 0. The van der Waals surface area contributed by atoms with E-state index in [4.69, 9.17) is 26.1 Å². The Hall–Kier alpha value is -7.16. The maximum absolute atomic E-state index is 15.7. The summed E-state index contributed by atoms with van der Waals surface area (Å²) >= 11 is 9.54. The lowest BCUT2D eigenvalue weighted by molar-refractivity contribution is -0.144. The fourth-order valence-electron chi connectivity index (χ4n) is 9.51. The largest absolute Gasteiger partial charge is 0.492 e. The maximum Gasteiger partial charge on any atom is 0.246 e. The van der Waals surface area contributed by atoms with Gasteiger partial charge in [0.25, 0.3) is 0 Å². The number of hydrogen-bond donors (Lipinski definition) is 4.